The molecule has 5 heteroatoms. The Bertz CT molecular complexity index is 1060. The molecule has 1 saturated heterocycles. The number of anilines is 1. The Morgan fingerprint density at radius 2 is 1.63 bits per heavy atom. The molecule has 1 heterocycles. The zero-order valence-electron chi connectivity index (χ0n) is 16.7. The van der Waals surface area contributed by atoms with Crippen LogP contribution < -0.4 is 5.32 Å². The molecule has 3 aromatic rings. The second-order valence-electron chi connectivity index (χ2n) is 7.55. The number of rotatable bonds is 5. The van der Waals surface area contributed by atoms with Crippen molar-refractivity contribution in [1.82, 2.24) is 4.90 Å². The highest BCUT2D eigenvalue weighted by atomic mass is 16.3. The summed E-state index contributed by atoms with van der Waals surface area (Å²) in [5.41, 5.74) is 3.35. The molecule has 5 nitrogen and oxygen atoms in total. The molecule has 152 valence electrons. The first-order chi connectivity index (χ1) is 14.6. The zero-order chi connectivity index (χ0) is 20.9. The van der Waals surface area contributed by atoms with Crippen LogP contribution in [0.15, 0.2) is 72.8 Å². The molecule has 1 aliphatic heterocycles. The fourth-order valence-electron chi connectivity index (χ4n) is 3.74. The van der Waals surface area contributed by atoms with Crippen molar-refractivity contribution in [1.29, 1.82) is 0 Å². The van der Waals surface area contributed by atoms with Crippen molar-refractivity contribution in [2.75, 3.05) is 18.4 Å². The van der Waals surface area contributed by atoms with Crippen LogP contribution in [-0.2, 0) is 6.42 Å². The van der Waals surface area contributed by atoms with E-state index in [1.807, 2.05) is 41.3 Å². The molecule has 0 aromatic heterocycles. The van der Waals surface area contributed by atoms with Gasteiger partial charge in [0.2, 0.25) is 0 Å². The summed E-state index contributed by atoms with van der Waals surface area (Å²) in [5, 5.41) is 13.0. The van der Waals surface area contributed by atoms with Gasteiger partial charge in [0.15, 0.2) is 0 Å². The standard InChI is InChI=1S/C25H24N2O3/c28-23-12-11-19(15-18-7-2-1-3-8-18)16-22(23)24(29)26-21-10-6-9-20(17-21)25(30)27-13-4-5-14-27/h1-3,6-12,16-17,28H,4-5,13-15H2,(H,26,29). The van der Waals surface area contributed by atoms with Crippen LogP contribution in [-0.4, -0.2) is 34.9 Å². The molecule has 1 aliphatic rings. The van der Waals surface area contributed by atoms with E-state index in [2.05, 4.69) is 5.32 Å². The van der Waals surface area contributed by atoms with Crippen LogP contribution in [0.4, 0.5) is 5.69 Å². The molecule has 1 fully saturated rings. The van der Waals surface area contributed by atoms with E-state index in [9.17, 15) is 14.7 Å². The first-order valence-corrected chi connectivity index (χ1v) is 10.2. The Hall–Kier alpha value is -3.60. The van der Waals surface area contributed by atoms with Gasteiger partial charge < -0.3 is 15.3 Å². The molecule has 0 saturated carbocycles. The van der Waals surface area contributed by atoms with Crippen molar-refractivity contribution in [3.8, 4) is 5.75 Å². The van der Waals surface area contributed by atoms with Crippen molar-refractivity contribution >= 4 is 17.5 Å². The quantitative estimate of drug-likeness (QED) is 0.664. The molecular formula is C25H24N2O3. The lowest BCUT2D eigenvalue weighted by molar-refractivity contribution is 0.0792. The first kappa shape index (κ1) is 19.7. The number of hydrogen-bond donors (Lipinski definition) is 2. The minimum Gasteiger partial charge on any atom is -0.507 e. The molecule has 2 N–H and O–H groups in total. The largest absolute Gasteiger partial charge is 0.507 e. The lowest BCUT2D eigenvalue weighted by Gasteiger charge is -2.16. The maximum absolute atomic E-state index is 12.8. The van der Waals surface area contributed by atoms with Crippen molar-refractivity contribution < 1.29 is 14.7 Å². The summed E-state index contributed by atoms with van der Waals surface area (Å²) in [6, 6.07) is 21.9. The average molecular weight is 400 g/mol. The second kappa shape index (κ2) is 8.82. The SMILES string of the molecule is O=C(Nc1cccc(C(=O)N2CCCC2)c1)c1cc(Cc2ccccc2)ccc1O. The number of aromatic hydroxyl groups is 1. The van der Waals surface area contributed by atoms with E-state index < -0.39 is 5.91 Å². The summed E-state index contributed by atoms with van der Waals surface area (Å²) in [6.07, 6.45) is 2.72. The zero-order valence-corrected chi connectivity index (χ0v) is 16.7. The number of benzene rings is 3. The molecule has 2 amide bonds. The third-order valence-corrected chi connectivity index (χ3v) is 5.32. The highest BCUT2D eigenvalue weighted by molar-refractivity contribution is 6.07. The molecular weight excluding hydrogens is 376 g/mol. The topological polar surface area (TPSA) is 69.6 Å². The van der Waals surface area contributed by atoms with Crippen LogP contribution in [0.3, 0.4) is 0 Å². The summed E-state index contributed by atoms with van der Waals surface area (Å²) in [7, 11) is 0. The molecule has 3 aromatic carbocycles. The molecule has 4 rings (SSSR count). The van der Waals surface area contributed by atoms with E-state index in [0.717, 1.165) is 37.1 Å². The Morgan fingerprint density at radius 1 is 0.867 bits per heavy atom. The van der Waals surface area contributed by atoms with Crippen LogP contribution in [0.5, 0.6) is 5.75 Å². The van der Waals surface area contributed by atoms with E-state index in [1.54, 1.807) is 36.4 Å². The Morgan fingerprint density at radius 3 is 2.40 bits per heavy atom. The smallest absolute Gasteiger partial charge is 0.259 e. The van der Waals surface area contributed by atoms with E-state index in [4.69, 9.17) is 0 Å². The van der Waals surface area contributed by atoms with Gasteiger partial charge >= 0.3 is 0 Å². The number of nitrogens with zero attached hydrogens (tertiary/aromatic N) is 1. The van der Waals surface area contributed by atoms with Gasteiger partial charge in [-0.25, -0.2) is 0 Å². The number of phenolic OH excluding ortho intramolecular Hbond substituents is 1. The van der Waals surface area contributed by atoms with Crippen molar-refractivity contribution in [2.24, 2.45) is 0 Å². The van der Waals surface area contributed by atoms with E-state index in [-0.39, 0.29) is 17.2 Å². The molecule has 30 heavy (non-hydrogen) atoms. The van der Waals surface area contributed by atoms with Crippen LogP contribution in [0.2, 0.25) is 0 Å². The van der Waals surface area contributed by atoms with Gasteiger partial charge in [-0.3, -0.25) is 9.59 Å². The minimum absolute atomic E-state index is 0.0173. The molecule has 0 unspecified atom stereocenters. The summed E-state index contributed by atoms with van der Waals surface area (Å²) >= 11 is 0. The molecule has 0 radical (unpaired) electrons. The third kappa shape index (κ3) is 4.51. The van der Waals surface area contributed by atoms with Crippen LogP contribution in [0.1, 0.15) is 44.7 Å². The number of phenols is 1. The third-order valence-electron chi connectivity index (χ3n) is 5.32. The Kier molecular flexibility index (Phi) is 5.80. The predicted molar refractivity (Wildman–Crippen MR) is 117 cm³/mol. The monoisotopic (exact) mass is 400 g/mol. The first-order valence-electron chi connectivity index (χ1n) is 10.2. The predicted octanol–water partition coefficient (Wildman–Crippen LogP) is 4.47. The lowest BCUT2D eigenvalue weighted by atomic mass is 10.0. The van der Waals surface area contributed by atoms with Gasteiger partial charge in [0.1, 0.15) is 5.75 Å². The van der Waals surface area contributed by atoms with Gasteiger partial charge in [0.25, 0.3) is 11.8 Å². The van der Waals surface area contributed by atoms with E-state index in [1.165, 1.54) is 0 Å². The normalized spacial score (nSPS) is 13.3. The van der Waals surface area contributed by atoms with Crippen LogP contribution >= 0.6 is 0 Å². The number of carbonyl (C=O) groups is 2. The van der Waals surface area contributed by atoms with Gasteiger partial charge in [-0.15, -0.1) is 0 Å². The molecule has 0 aliphatic carbocycles. The van der Waals surface area contributed by atoms with Gasteiger partial charge in [-0.2, -0.15) is 0 Å². The van der Waals surface area contributed by atoms with Crippen molar-refractivity contribution in [2.45, 2.75) is 19.3 Å². The number of amides is 2. The fraction of sp³-hybridized carbons (Fsp3) is 0.200. The number of hydrogen-bond acceptors (Lipinski definition) is 3. The van der Waals surface area contributed by atoms with E-state index >= 15 is 0 Å². The second-order valence-corrected chi connectivity index (χ2v) is 7.55. The maximum Gasteiger partial charge on any atom is 0.259 e. The lowest BCUT2D eigenvalue weighted by Crippen LogP contribution is -2.27. The van der Waals surface area contributed by atoms with Gasteiger partial charge in [-0.05, 0) is 60.7 Å². The molecule has 0 spiro atoms. The average Bonchev–Trinajstić information content (AvgIpc) is 3.30. The highest BCUT2D eigenvalue weighted by Crippen LogP contribution is 2.23. The van der Waals surface area contributed by atoms with Crippen LogP contribution in [0.25, 0.3) is 0 Å². The summed E-state index contributed by atoms with van der Waals surface area (Å²) < 4.78 is 0. The van der Waals surface area contributed by atoms with Crippen molar-refractivity contribution in [3.63, 3.8) is 0 Å². The minimum atomic E-state index is -0.409. The number of nitrogens with one attached hydrogen (secondary N) is 1. The summed E-state index contributed by atoms with van der Waals surface area (Å²) in [6.45, 7) is 1.55. The number of carbonyl (C=O) groups excluding carboxylic acids is 2. The molecule has 0 bridgehead atoms. The Labute approximate surface area is 176 Å². The molecule has 0 atom stereocenters. The maximum atomic E-state index is 12.8. The van der Waals surface area contributed by atoms with Gasteiger partial charge in [0, 0.05) is 24.3 Å². The fourth-order valence-corrected chi connectivity index (χ4v) is 3.74. The summed E-state index contributed by atoms with van der Waals surface area (Å²) in [5.74, 6) is -0.502. The number of likely N-dealkylation sites (tertiary alicyclic amines) is 1. The summed E-state index contributed by atoms with van der Waals surface area (Å²) in [4.78, 5) is 27.2. The van der Waals surface area contributed by atoms with Crippen molar-refractivity contribution in [3.05, 3.63) is 95.1 Å². The highest BCUT2D eigenvalue weighted by Gasteiger charge is 2.20. The Balaban J connectivity index is 1.50. The van der Waals surface area contributed by atoms with Gasteiger partial charge in [0.05, 0.1) is 5.56 Å². The van der Waals surface area contributed by atoms with Gasteiger partial charge in [-0.1, -0.05) is 42.5 Å². The van der Waals surface area contributed by atoms with E-state index in [0.29, 0.717) is 17.7 Å². The van der Waals surface area contributed by atoms with Crippen LogP contribution in [0, 0.1) is 0 Å².